The molecule has 1 aliphatic rings. The molecule has 0 fully saturated rings. The van der Waals surface area contributed by atoms with E-state index in [4.69, 9.17) is 7.98 Å². The Balaban J connectivity index is 0.000000202. The van der Waals surface area contributed by atoms with Gasteiger partial charge in [-0.1, -0.05) is 30.3 Å². The lowest BCUT2D eigenvalue weighted by molar-refractivity contribution is -0.111. The molecule has 2 radical (unpaired) electrons. The molecular formula is C13H11BN2OS. The summed E-state index contributed by atoms with van der Waals surface area (Å²) in [4.78, 5) is 16.5. The minimum atomic E-state index is -0.149. The molecule has 88 valence electrons. The van der Waals surface area contributed by atoms with Gasteiger partial charge >= 0.3 is 0 Å². The summed E-state index contributed by atoms with van der Waals surface area (Å²) in [7, 11) is 6.85. The van der Waals surface area contributed by atoms with E-state index in [0.717, 1.165) is 11.3 Å². The van der Waals surface area contributed by atoms with Gasteiger partial charge in [0, 0.05) is 12.6 Å². The zero-order chi connectivity index (χ0) is 13.0. The number of carbonyl (C=O) groups is 1. The Morgan fingerprint density at radius 1 is 1.17 bits per heavy atom. The van der Waals surface area contributed by atoms with Crippen molar-refractivity contribution in [3.8, 4) is 0 Å². The lowest BCUT2D eigenvalue weighted by Crippen LogP contribution is -2.25. The summed E-state index contributed by atoms with van der Waals surface area (Å²) in [6.07, 6.45) is 0. The molecule has 0 atom stereocenters. The molecule has 0 saturated carbocycles. The first-order valence-corrected chi connectivity index (χ1v) is 6.32. The number of carbonyl (C=O) groups excluding carboxylic acids is 1. The van der Waals surface area contributed by atoms with Crippen LogP contribution in [0.3, 0.4) is 0 Å². The number of hydrogen-bond acceptors (Lipinski definition) is 3. The first-order valence-electron chi connectivity index (χ1n) is 5.38. The van der Waals surface area contributed by atoms with E-state index >= 15 is 0 Å². The van der Waals surface area contributed by atoms with Gasteiger partial charge in [-0.05, 0) is 16.8 Å². The normalized spacial score (nSPS) is 15.3. The van der Waals surface area contributed by atoms with Crippen LogP contribution in [-0.4, -0.2) is 26.6 Å². The number of amides is 1. The van der Waals surface area contributed by atoms with Crippen LogP contribution in [0.15, 0.2) is 52.1 Å². The van der Waals surface area contributed by atoms with Crippen molar-refractivity contribution in [3.63, 3.8) is 0 Å². The van der Waals surface area contributed by atoms with Crippen LogP contribution in [0.25, 0.3) is 0 Å². The molecule has 0 N–H and O–H groups in total. The van der Waals surface area contributed by atoms with Crippen molar-refractivity contribution in [2.45, 2.75) is 0 Å². The number of hydrogen-bond donors (Lipinski definition) is 0. The average molecular weight is 254 g/mol. The Kier molecular flexibility index (Phi) is 3.94. The summed E-state index contributed by atoms with van der Waals surface area (Å²) in [5.74, 6) is -0.149. The fraction of sp³-hybridized carbons (Fsp3) is 0.0769. The third-order valence-corrected chi connectivity index (χ3v) is 3.21. The number of benzene rings is 1. The minimum absolute atomic E-state index is 0.149. The predicted octanol–water partition coefficient (Wildman–Crippen LogP) is 2.28. The van der Waals surface area contributed by atoms with E-state index in [-0.39, 0.29) is 5.91 Å². The zero-order valence-electron chi connectivity index (χ0n) is 9.91. The van der Waals surface area contributed by atoms with Crippen LogP contribution < -0.4 is 4.90 Å². The molecule has 3 nitrogen and oxygen atoms in total. The molecule has 0 aliphatic carbocycles. The summed E-state index contributed by atoms with van der Waals surface area (Å²) in [5, 5.41) is 4.08. The summed E-state index contributed by atoms with van der Waals surface area (Å²) in [5.41, 5.74) is 1.99. The maximum absolute atomic E-state index is 11.5. The van der Waals surface area contributed by atoms with Crippen LogP contribution in [-0.2, 0) is 4.79 Å². The number of fused-ring (bicyclic) bond motifs is 1. The van der Waals surface area contributed by atoms with Crippen molar-refractivity contribution >= 4 is 36.6 Å². The molecule has 18 heavy (non-hydrogen) atoms. The zero-order valence-corrected chi connectivity index (χ0v) is 10.7. The van der Waals surface area contributed by atoms with Crippen LogP contribution >= 0.6 is 11.3 Å². The molecular weight excluding hydrogens is 243 g/mol. The van der Waals surface area contributed by atoms with Gasteiger partial charge in [0.1, 0.15) is 5.71 Å². The van der Waals surface area contributed by atoms with E-state index in [1.54, 1.807) is 23.3 Å². The van der Waals surface area contributed by atoms with E-state index in [9.17, 15) is 4.79 Å². The lowest BCUT2D eigenvalue weighted by Gasteiger charge is -2.07. The number of likely N-dealkylation sites (N-methyl/N-ethyl adjacent to an activating group) is 1. The second-order valence-electron chi connectivity index (χ2n) is 3.65. The quantitative estimate of drug-likeness (QED) is 0.664. The molecule has 0 spiro atoms. The van der Waals surface area contributed by atoms with Crippen molar-refractivity contribution in [3.05, 3.63) is 52.7 Å². The smallest absolute Gasteiger partial charge is 0.275 e. The van der Waals surface area contributed by atoms with E-state index in [2.05, 4.69) is 4.90 Å². The SMILES string of the molecule is [B]N=C1C(=O)N(C)c2ccccc21.c1ccsc1. The van der Waals surface area contributed by atoms with Crippen molar-refractivity contribution in [2.75, 3.05) is 11.9 Å². The van der Waals surface area contributed by atoms with Crippen LogP contribution in [0.5, 0.6) is 0 Å². The van der Waals surface area contributed by atoms with Gasteiger partial charge in [-0.2, -0.15) is 11.3 Å². The van der Waals surface area contributed by atoms with Crippen LogP contribution in [0.1, 0.15) is 5.56 Å². The maximum Gasteiger partial charge on any atom is 0.275 e. The highest BCUT2D eigenvalue weighted by atomic mass is 32.1. The third-order valence-electron chi connectivity index (χ3n) is 2.58. The topological polar surface area (TPSA) is 32.7 Å². The van der Waals surface area contributed by atoms with Crippen LogP contribution in [0, 0.1) is 0 Å². The molecule has 1 aliphatic heterocycles. The highest BCUT2D eigenvalue weighted by Gasteiger charge is 2.29. The fourth-order valence-corrected chi connectivity index (χ4v) is 2.15. The molecule has 5 heteroatoms. The van der Waals surface area contributed by atoms with Crippen molar-refractivity contribution in [2.24, 2.45) is 4.90 Å². The molecule has 0 saturated heterocycles. The second kappa shape index (κ2) is 5.64. The average Bonchev–Trinajstić information content (AvgIpc) is 3.04. The minimum Gasteiger partial charge on any atom is -0.352 e. The summed E-state index contributed by atoms with van der Waals surface area (Å²) in [6.45, 7) is 0. The first-order chi connectivity index (χ1) is 8.75. The number of para-hydroxylation sites is 1. The maximum atomic E-state index is 11.5. The number of thiophene rings is 1. The molecule has 0 unspecified atom stereocenters. The molecule has 2 aromatic rings. The summed E-state index contributed by atoms with van der Waals surface area (Å²) >= 11 is 1.71. The van der Waals surface area contributed by atoms with Crippen molar-refractivity contribution in [1.82, 2.24) is 0 Å². The first kappa shape index (κ1) is 12.6. The molecule has 1 aromatic heterocycles. The van der Waals surface area contributed by atoms with Gasteiger partial charge in [0.2, 0.25) is 0 Å². The monoisotopic (exact) mass is 254 g/mol. The predicted molar refractivity (Wildman–Crippen MR) is 76.5 cm³/mol. The van der Waals surface area contributed by atoms with E-state index in [1.807, 2.05) is 47.2 Å². The van der Waals surface area contributed by atoms with Gasteiger partial charge in [-0.15, -0.1) is 0 Å². The highest BCUT2D eigenvalue weighted by molar-refractivity contribution is 7.07. The largest absolute Gasteiger partial charge is 0.352 e. The molecule has 3 rings (SSSR count). The Bertz CT molecular complexity index is 549. The Labute approximate surface area is 111 Å². The summed E-state index contributed by atoms with van der Waals surface area (Å²) in [6, 6.07) is 11.5. The second-order valence-corrected chi connectivity index (χ2v) is 4.47. The Hall–Kier alpha value is -1.88. The van der Waals surface area contributed by atoms with Crippen LogP contribution in [0.2, 0.25) is 0 Å². The van der Waals surface area contributed by atoms with Gasteiger partial charge in [0.15, 0.2) is 0 Å². The van der Waals surface area contributed by atoms with Crippen molar-refractivity contribution in [1.29, 1.82) is 0 Å². The molecule has 0 bridgehead atoms. The Morgan fingerprint density at radius 3 is 2.39 bits per heavy atom. The van der Waals surface area contributed by atoms with E-state index in [1.165, 1.54) is 0 Å². The third kappa shape index (κ3) is 2.36. The summed E-state index contributed by atoms with van der Waals surface area (Å²) < 4.78 is 0. The molecule has 1 aromatic carbocycles. The van der Waals surface area contributed by atoms with E-state index in [0.29, 0.717) is 5.71 Å². The Morgan fingerprint density at radius 2 is 1.83 bits per heavy atom. The molecule has 2 heterocycles. The van der Waals surface area contributed by atoms with Gasteiger partial charge in [0.05, 0.1) is 5.69 Å². The van der Waals surface area contributed by atoms with Gasteiger partial charge in [0.25, 0.3) is 13.9 Å². The number of nitrogens with zero attached hydrogens (tertiary/aromatic N) is 2. The standard InChI is InChI=1S/C9H7BN2O.C4H4S/c1-12-7-5-3-2-4-6(7)8(11-10)9(12)13;1-2-4-5-3-1/h2-5H,1H3;1-4H. The van der Waals surface area contributed by atoms with Gasteiger partial charge in [-0.3, -0.25) is 4.79 Å². The fourth-order valence-electron chi connectivity index (χ4n) is 1.70. The lowest BCUT2D eigenvalue weighted by atomic mass is 10.1. The van der Waals surface area contributed by atoms with Crippen LogP contribution in [0.4, 0.5) is 5.69 Å². The number of rotatable bonds is 0. The number of anilines is 1. The molecule has 1 amide bonds. The van der Waals surface area contributed by atoms with Gasteiger partial charge in [-0.25, -0.2) is 0 Å². The van der Waals surface area contributed by atoms with Gasteiger partial charge < -0.3 is 9.80 Å². The van der Waals surface area contributed by atoms with Crippen molar-refractivity contribution < 1.29 is 4.79 Å². The highest BCUT2D eigenvalue weighted by Crippen LogP contribution is 2.26. The van der Waals surface area contributed by atoms with E-state index < -0.39 is 0 Å².